The number of aliphatic hydroxyl groups excluding tert-OH is 1. The lowest BCUT2D eigenvalue weighted by Crippen LogP contribution is -2.60. The van der Waals surface area contributed by atoms with Crippen molar-refractivity contribution in [3.63, 3.8) is 0 Å². The molecule has 5 aliphatic rings. The number of aliphatic hydroxyl groups is 1. The van der Waals surface area contributed by atoms with Crippen molar-refractivity contribution < 1.29 is 19.4 Å². The number of hydrogen-bond donors (Lipinski definition) is 3. The molecule has 2 heterocycles. The van der Waals surface area contributed by atoms with Crippen molar-refractivity contribution in [2.45, 2.75) is 52.0 Å². The average Bonchev–Trinajstić information content (AvgIpc) is 3.28. The van der Waals surface area contributed by atoms with Crippen LogP contribution in [-0.2, 0) is 9.53 Å². The maximum Gasteiger partial charge on any atom is 0.256 e. The second kappa shape index (κ2) is 9.24. The number of anilines is 1. The molecule has 5 fully saturated rings. The van der Waals surface area contributed by atoms with E-state index in [1.165, 1.54) is 0 Å². The maximum atomic E-state index is 13.7. The van der Waals surface area contributed by atoms with Crippen LogP contribution in [0, 0.1) is 28.6 Å². The van der Waals surface area contributed by atoms with Gasteiger partial charge in [-0.1, -0.05) is 6.08 Å². The fourth-order valence-corrected chi connectivity index (χ4v) is 7.22. The van der Waals surface area contributed by atoms with Crippen LogP contribution in [0.2, 0.25) is 0 Å². The summed E-state index contributed by atoms with van der Waals surface area (Å²) in [6.07, 6.45) is 10.7. The molecule has 1 aromatic heterocycles. The van der Waals surface area contributed by atoms with E-state index in [1.54, 1.807) is 24.1 Å². The zero-order chi connectivity index (χ0) is 24.8. The third kappa shape index (κ3) is 4.48. The highest BCUT2D eigenvalue weighted by Crippen LogP contribution is 2.59. The molecule has 2 atom stereocenters. The molecule has 192 valence electrons. The van der Waals surface area contributed by atoms with Crippen LogP contribution in [-0.4, -0.2) is 72.7 Å². The first-order valence-corrected chi connectivity index (χ1v) is 13.0. The van der Waals surface area contributed by atoms with Crippen molar-refractivity contribution in [1.29, 1.82) is 0 Å². The van der Waals surface area contributed by atoms with E-state index >= 15 is 0 Å². The number of carbonyl (C=O) groups is 2. The number of hydrogen-bond acceptors (Lipinski definition) is 6. The van der Waals surface area contributed by atoms with Gasteiger partial charge in [0.2, 0.25) is 5.91 Å². The molecule has 0 spiro atoms. The van der Waals surface area contributed by atoms with E-state index in [4.69, 9.17) is 4.74 Å². The molecule has 4 bridgehead atoms. The van der Waals surface area contributed by atoms with Crippen LogP contribution in [0.4, 0.5) is 5.82 Å². The summed E-state index contributed by atoms with van der Waals surface area (Å²) in [5.74, 6) is 2.13. The first kappa shape index (κ1) is 24.3. The van der Waals surface area contributed by atoms with Gasteiger partial charge in [-0.2, -0.15) is 5.10 Å². The topological polar surface area (TPSA) is 109 Å². The highest BCUT2D eigenvalue weighted by molar-refractivity contribution is 5.99. The molecular weight excluding hydrogens is 446 g/mol. The lowest BCUT2D eigenvalue weighted by atomic mass is 9.48. The molecule has 35 heavy (non-hydrogen) atoms. The molecule has 9 nitrogen and oxygen atoms in total. The minimum absolute atomic E-state index is 0.0734. The number of nitrogens with zero attached hydrogens (tertiary/aromatic N) is 3. The SMILES string of the molecule is CNC(=O)C(C)(C)C=Cn1ncc(C(=O)NC2C3CC4CC2CC(CO)(C4)C3)c1N1CCOCC1. The lowest BCUT2D eigenvalue weighted by molar-refractivity contribution is -0.126. The van der Waals surface area contributed by atoms with Crippen LogP contribution in [0.15, 0.2) is 12.3 Å². The van der Waals surface area contributed by atoms with E-state index in [-0.39, 0.29) is 29.9 Å². The average molecular weight is 486 g/mol. The Balaban J connectivity index is 1.39. The second-order valence-corrected chi connectivity index (χ2v) is 11.7. The molecule has 1 aromatic rings. The molecule has 4 aliphatic carbocycles. The molecule has 1 aliphatic heterocycles. The summed E-state index contributed by atoms with van der Waals surface area (Å²) in [5, 5.41) is 20.7. The smallest absolute Gasteiger partial charge is 0.256 e. The zero-order valence-electron chi connectivity index (χ0n) is 21.1. The minimum Gasteiger partial charge on any atom is -0.396 e. The summed E-state index contributed by atoms with van der Waals surface area (Å²) in [4.78, 5) is 28.0. The number of carbonyl (C=O) groups excluding carboxylic acids is 2. The summed E-state index contributed by atoms with van der Waals surface area (Å²) in [7, 11) is 1.62. The molecule has 6 rings (SSSR count). The normalized spacial score (nSPS) is 32.3. The zero-order valence-corrected chi connectivity index (χ0v) is 21.1. The van der Waals surface area contributed by atoms with Crippen LogP contribution in [0.5, 0.6) is 0 Å². The largest absolute Gasteiger partial charge is 0.396 e. The molecule has 1 saturated heterocycles. The number of rotatable bonds is 7. The summed E-state index contributed by atoms with van der Waals surface area (Å²) in [5.41, 5.74) is -0.0849. The highest BCUT2D eigenvalue weighted by Gasteiger charge is 2.55. The van der Waals surface area contributed by atoms with E-state index in [0.29, 0.717) is 49.6 Å². The summed E-state index contributed by atoms with van der Waals surface area (Å²) < 4.78 is 7.25. The highest BCUT2D eigenvalue weighted by atomic mass is 16.5. The predicted molar refractivity (Wildman–Crippen MR) is 133 cm³/mol. The summed E-state index contributed by atoms with van der Waals surface area (Å²) in [6, 6.07) is 0.155. The molecule has 0 aromatic carbocycles. The van der Waals surface area contributed by atoms with Gasteiger partial charge in [-0.25, -0.2) is 4.68 Å². The van der Waals surface area contributed by atoms with Crippen LogP contribution >= 0.6 is 0 Å². The number of aromatic nitrogens is 2. The Bertz CT molecular complexity index is 980. The molecule has 9 heteroatoms. The van der Waals surface area contributed by atoms with Gasteiger partial charge < -0.3 is 25.4 Å². The van der Waals surface area contributed by atoms with Gasteiger partial charge in [0.1, 0.15) is 11.4 Å². The number of nitrogens with one attached hydrogen (secondary N) is 2. The molecule has 3 N–H and O–H groups in total. The third-order valence-corrected chi connectivity index (χ3v) is 8.80. The standard InChI is InChI=1S/C26H39N5O4/c1-25(2,24(34)27-3)4-5-31-23(30-6-8-35-9-7-30)20(15-28-31)22(33)29-21-18-10-17-11-19(21)14-26(12-17,13-18)16-32/h4-5,15,17-19,21,32H,6-14,16H2,1-3H3,(H,27,34)(H,29,33). The van der Waals surface area contributed by atoms with Crippen molar-refractivity contribution in [2.75, 3.05) is 44.9 Å². The van der Waals surface area contributed by atoms with E-state index in [1.807, 2.05) is 19.9 Å². The summed E-state index contributed by atoms with van der Waals surface area (Å²) in [6.45, 7) is 6.50. The number of ether oxygens (including phenoxy) is 1. The van der Waals surface area contributed by atoms with Crippen LogP contribution in [0.3, 0.4) is 0 Å². The molecule has 2 amide bonds. The van der Waals surface area contributed by atoms with E-state index in [9.17, 15) is 14.7 Å². The Morgan fingerprint density at radius 3 is 2.54 bits per heavy atom. The molecule has 2 unspecified atom stereocenters. The third-order valence-electron chi connectivity index (χ3n) is 8.80. The van der Waals surface area contributed by atoms with Crippen molar-refractivity contribution in [3.8, 4) is 0 Å². The van der Waals surface area contributed by atoms with Crippen molar-refractivity contribution in [2.24, 2.45) is 28.6 Å². The Kier molecular flexibility index (Phi) is 6.42. The Hall–Kier alpha value is -2.39. The minimum atomic E-state index is -0.714. The first-order valence-electron chi connectivity index (χ1n) is 13.0. The van der Waals surface area contributed by atoms with Crippen molar-refractivity contribution in [3.05, 3.63) is 17.8 Å². The molecule has 4 saturated carbocycles. The quantitative estimate of drug-likeness (QED) is 0.544. The Morgan fingerprint density at radius 1 is 1.23 bits per heavy atom. The lowest BCUT2D eigenvalue weighted by Gasteiger charge is -2.59. The first-order chi connectivity index (χ1) is 16.7. The number of amides is 2. The fourth-order valence-electron chi connectivity index (χ4n) is 7.22. The van der Waals surface area contributed by atoms with Gasteiger partial charge in [0.05, 0.1) is 24.8 Å². The number of morpholine rings is 1. The van der Waals surface area contributed by atoms with Gasteiger partial charge in [0.15, 0.2) is 0 Å². The molecule has 0 radical (unpaired) electrons. The van der Waals surface area contributed by atoms with Gasteiger partial charge in [0.25, 0.3) is 5.91 Å². The van der Waals surface area contributed by atoms with Crippen molar-refractivity contribution >= 4 is 23.8 Å². The second-order valence-electron chi connectivity index (χ2n) is 11.7. The Labute approximate surface area is 207 Å². The van der Waals surface area contributed by atoms with E-state index in [2.05, 4.69) is 20.6 Å². The van der Waals surface area contributed by atoms with Gasteiger partial charge in [-0.3, -0.25) is 9.59 Å². The monoisotopic (exact) mass is 485 g/mol. The summed E-state index contributed by atoms with van der Waals surface area (Å²) >= 11 is 0. The predicted octanol–water partition coefficient (Wildman–Crippen LogP) is 1.88. The van der Waals surface area contributed by atoms with Gasteiger partial charge in [-0.05, 0) is 69.1 Å². The van der Waals surface area contributed by atoms with Gasteiger partial charge >= 0.3 is 0 Å². The van der Waals surface area contributed by atoms with Gasteiger partial charge in [0, 0.05) is 39.0 Å². The fraction of sp³-hybridized carbons (Fsp3) is 0.731. The van der Waals surface area contributed by atoms with Crippen molar-refractivity contribution in [1.82, 2.24) is 20.4 Å². The van der Waals surface area contributed by atoms with Crippen LogP contribution in [0.1, 0.15) is 56.3 Å². The van der Waals surface area contributed by atoms with Crippen LogP contribution in [0.25, 0.3) is 6.20 Å². The maximum absolute atomic E-state index is 13.7. The Morgan fingerprint density at radius 2 is 1.91 bits per heavy atom. The van der Waals surface area contributed by atoms with E-state index < -0.39 is 5.41 Å². The molecular formula is C26H39N5O4. The van der Waals surface area contributed by atoms with Crippen LogP contribution < -0.4 is 15.5 Å². The van der Waals surface area contributed by atoms with Gasteiger partial charge in [-0.15, -0.1) is 0 Å². The van der Waals surface area contributed by atoms with E-state index in [0.717, 1.165) is 37.9 Å².